The topological polar surface area (TPSA) is 73.9 Å². The molecule has 0 fully saturated rings. The number of benzene rings is 1. The van der Waals surface area contributed by atoms with E-state index in [0.29, 0.717) is 27.3 Å². The molecule has 0 bridgehead atoms. The van der Waals surface area contributed by atoms with Gasteiger partial charge in [0.05, 0.1) is 5.69 Å². The van der Waals surface area contributed by atoms with Crippen molar-refractivity contribution in [2.75, 3.05) is 31.3 Å². The van der Waals surface area contributed by atoms with Crippen LogP contribution in [0.5, 0.6) is 5.75 Å². The molecule has 15 heavy (non-hydrogen) atoms. The first-order valence-electron chi connectivity index (χ1n) is 4.35. The van der Waals surface area contributed by atoms with Gasteiger partial charge in [-0.2, -0.15) is 5.48 Å². The highest BCUT2D eigenvalue weighted by Crippen LogP contribution is 2.30. The third-order valence-electron chi connectivity index (χ3n) is 1.86. The van der Waals surface area contributed by atoms with Gasteiger partial charge in [0.25, 0.3) is 0 Å². The molecule has 0 saturated heterocycles. The average Bonchev–Trinajstić information content (AvgIpc) is 2.17. The van der Waals surface area contributed by atoms with Gasteiger partial charge in [0.1, 0.15) is 0 Å². The lowest BCUT2D eigenvalue weighted by Gasteiger charge is -2.30. The molecule has 0 aliphatic rings. The highest BCUT2D eigenvalue weighted by atomic mass is 16.6. The summed E-state index contributed by atoms with van der Waals surface area (Å²) in [5.41, 5.74) is 3.24. The molecule has 6 heteroatoms. The van der Waals surface area contributed by atoms with Crippen LogP contribution in [0.15, 0.2) is 18.2 Å². The van der Waals surface area contributed by atoms with Crippen LogP contribution in [0.2, 0.25) is 0 Å². The Morgan fingerprint density at radius 2 is 1.87 bits per heavy atom. The van der Waals surface area contributed by atoms with E-state index in [1.807, 2.05) is 0 Å². The zero-order valence-electron chi connectivity index (χ0n) is 8.85. The Bertz CT molecular complexity index is 328. The number of anilines is 2. The molecule has 0 unspecified atom stereocenters. The van der Waals surface area contributed by atoms with E-state index in [2.05, 4.69) is 5.48 Å². The molecule has 1 rings (SSSR count). The minimum absolute atomic E-state index is 0.315. The van der Waals surface area contributed by atoms with Crippen molar-refractivity contribution in [1.29, 1.82) is 0 Å². The zero-order valence-corrected chi connectivity index (χ0v) is 8.85. The number of nitrogens with one attached hydrogen (secondary N) is 1. The molecule has 6 nitrogen and oxygen atoms in total. The van der Waals surface area contributed by atoms with Crippen molar-refractivity contribution in [3.05, 3.63) is 28.6 Å². The Kier molecular flexibility index (Phi) is 3.73. The molecule has 0 aliphatic heterocycles. The maximum Gasteiger partial charge on any atom is 0.171 e. The lowest BCUT2D eigenvalue weighted by molar-refractivity contribution is 0.225. The first kappa shape index (κ1) is 11.6. The van der Waals surface area contributed by atoms with E-state index in [1.165, 1.54) is 26.2 Å². The third kappa shape index (κ3) is 2.72. The van der Waals surface area contributed by atoms with Crippen LogP contribution < -0.4 is 20.4 Å². The van der Waals surface area contributed by atoms with E-state index < -0.39 is 0 Å². The van der Waals surface area contributed by atoms with Crippen LogP contribution in [0, 0.1) is 10.4 Å². The molecule has 0 heterocycles. The molecule has 84 valence electrons. The standard InChI is InChI=1S/C9H13N3O3/c1-10-15-9-6-7(11(2)13)4-5-8(9)12(3)14/h4-6,10H,1-3H3/q-2. The zero-order chi connectivity index (χ0) is 11.4. The first-order valence-corrected chi connectivity index (χ1v) is 4.35. The summed E-state index contributed by atoms with van der Waals surface area (Å²) in [6, 6.07) is 4.58. The van der Waals surface area contributed by atoms with Crippen molar-refractivity contribution in [1.82, 2.24) is 5.48 Å². The predicted octanol–water partition coefficient (Wildman–Crippen LogP) is 1.07. The Morgan fingerprint density at radius 3 is 2.33 bits per heavy atom. The van der Waals surface area contributed by atoms with Crippen LogP contribution in [0.4, 0.5) is 11.4 Å². The molecule has 0 atom stereocenters. The maximum absolute atomic E-state index is 11.1. The maximum atomic E-state index is 11.1. The average molecular weight is 211 g/mol. The summed E-state index contributed by atoms with van der Waals surface area (Å²) in [7, 11) is 4.31. The highest BCUT2D eigenvalue weighted by molar-refractivity contribution is 5.65. The molecule has 0 radical (unpaired) electrons. The summed E-state index contributed by atoms with van der Waals surface area (Å²) in [4.78, 5) is 5.03. The Labute approximate surface area is 88.2 Å². The summed E-state index contributed by atoms with van der Waals surface area (Å²) >= 11 is 0. The van der Waals surface area contributed by atoms with Gasteiger partial charge in [0, 0.05) is 18.8 Å². The van der Waals surface area contributed by atoms with Gasteiger partial charge >= 0.3 is 0 Å². The van der Waals surface area contributed by atoms with Crippen molar-refractivity contribution >= 4 is 11.4 Å². The smallest absolute Gasteiger partial charge is 0.171 e. The summed E-state index contributed by atoms with van der Waals surface area (Å²) in [6.45, 7) is 0. The second-order valence-corrected chi connectivity index (χ2v) is 2.95. The SMILES string of the molecule is CNOc1cc(N(C)[O-])ccc1N(C)[O-]. The quantitative estimate of drug-likeness (QED) is 0.751. The second-order valence-electron chi connectivity index (χ2n) is 2.95. The van der Waals surface area contributed by atoms with Crippen LogP contribution in [0.25, 0.3) is 0 Å². The first-order chi connectivity index (χ1) is 7.06. The Hall–Kier alpha value is -1.50. The van der Waals surface area contributed by atoms with Crippen molar-refractivity contribution < 1.29 is 4.84 Å². The summed E-state index contributed by atoms with van der Waals surface area (Å²) in [6.07, 6.45) is 0. The minimum atomic E-state index is 0.315. The molecular weight excluding hydrogens is 198 g/mol. The Balaban J connectivity index is 3.08. The largest absolute Gasteiger partial charge is 0.758 e. The van der Waals surface area contributed by atoms with Gasteiger partial charge in [-0.05, 0) is 26.2 Å². The van der Waals surface area contributed by atoms with Crippen LogP contribution in [-0.2, 0) is 0 Å². The van der Waals surface area contributed by atoms with Crippen LogP contribution in [0.1, 0.15) is 0 Å². The van der Waals surface area contributed by atoms with E-state index >= 15 is 0 Å². The number of hydroxylamine groups is 3. The van der Waals surface area contributed by atoms with Crippen molar-refractivity contribution in [2.24, 2.45) is 0 Å². The van der Waals surface area contributed by atoms with Crippen molar-refractivity contribution in [3.63, 3.8) is 0 Å². The summed E-state index contributed by atoms with van der Waals surface area (Å²) in [5, 5.41) is 23.5. The summed E-state index contributed by atoms with van der Waals surface area (Å²) < 4.78 is 0. The van der Waals surface area contributed by atoms with E-state index in [1.54, 1.807) is 13.1 Å². The van der Waals surface area contributed by atoms with Gasteiger partial charge in [-0.3, -0.25) is 0 Å². The summed E-state index contributed by atoms with van der Waals surface area (Å²) in [5.74, 6) is 0.315. The number of hydrogen-bond donors (Lipinski definition) is 1. The molecule has 1 N–H and O–H groups in total. The molecule has 1 aromatic carbocycles. The minimum Gasteiger partial charge on any atom is -0.758 e. The van der Waals surface area contributed by atoms with E-state index in [-0.39, 0.29) is 0 Å². The van der Waals surface area contributed by atoms with Gasteiger partial charge < -0.3 is 25.4 Å². The predicted molar refractivity (Wildman–Crippen MR) is 59.7 cm³/mol. The number of hydrogen-bond acceptors (Lipinski definition) is 6. The van der Waals surface area contributed by atoms with E-state index in [9.17, 15) is 10.4 Å². The van der Waals surface area contributed by atoms with E-state index in [0.717, 1.165) is 0 Å². The van der Waals surface area contributed by atoms with Crippen LogP contribution in [-0.4, -0.2) is 21.1 Å². The molecule has 0 saturated carbocycles. The van der Waals surface area contributed by atoms with Gasteiger partial charge in [-0.15, -0.1) is 0 Å². The molecule has 0 spiro atoms. The normalized spacial score (nSPS) is 9.93. The van der Waals surface area contributed by atoms with E-state index in [4.69, 9.17) is 4.84 Å². The van der Waals surface area contributed by atoms with Gasteiger partial charge in [-0.1, -0.05) is 0 Å². The van der Waals surface area contributed by atoms with Crippen LogP contribution >= 0.6 is 0 Å². The van der Waals surface area contributed by atoms with Crippen molar-refractivity contribution in [2.45, 2.75) is 0 Å². The van der Waals surface area contributed by atoms with Gasteiger partial charge in [-0.25, -0.2) is 0 Å². The van der Waals surface area contributed by atoms with Gasteiger partial charge in [0.15, 0.2) is 5.75 Å². The van der Waals surface area contributed by atoms with Gasteiger partial charge in [0.2, 0.25) is 0 Å². The lowest BCUT2D eigenvalue weighted by Crippen LogP contribution is -2.16. The van der Waals surface area contributed by atoms with Crippen molar-refractivity contribution in [3.8, 4) is 5.75 Å². The number of nitrogens with zero attached hydrogens (tertiary/aromatic N) is 2. The molecule has 0 aliphatic carbocycles. The van der Waals surface area contributed by atoms with Crippen LogP contribution in [0.3, 0.4) is 0 Å². The molecule has 0 amide bonds. The fourth-order valence-corrected chi connectivity index (χ4v) is 1.15. The third-order valence-corrected chi connectivity index (χ3v) is 1.86. The Morgan fingerprint density at radius 1 is 1.20 bits per heavy atom. The monoisotopic (exact) mass is 211 g/mol. The lowest BCUT2D eigenvalue weighted by atomic mass is 10.2. The fraction of sp³-hybridized carbons (Fsp3) is 0.333. The number of rotatable bonds is 4. The molecule has 0 aromatic heterocycles. The highest BCUT2D eigenvalue weighted by Gasteiger charge is 2.04. The molecule has 1 aromatic rings. The fourth-order valence-electron chi connectivity index (χ4n) is 1.15. The second kappa shape index (κ2) is 4.83. The molecular formula is C9H13N3O3-2.